The third-order valence-corrected chi connectivity index (χ3v) is 4.55. The van der Waals surface area contributed by atoms with Crippen LogP contribution in [0, 0.1) is 0 Å². The summed E-state index contributed by atoms with van der Waals surface area (Å²) in [6, 6.07) is 27.4. The Kier molecular flexibility index (Phi) is 3.68. The lowest BCUT2D eigenvalue weighted by Gasteiger charge is -2.08. The minimum absolute atomic E-state index is 1.03. The maximum Gasteiger partial charge on any atom is 0.0708 e. The average molecular weight is 360 g/mol. The molecule has 110 valence electrons. The molecule has 1 nitrogen and oxygen atoms in total. The summed E-state index contributed by atoms with van der Waals surface area (Å²) in [7, 11) is 0. The lowest BCUT2D eigenvalue weighted by Crippen LogP contribution is -1.84. The maximum atomic E-state index is 4.44. The first-order valence-electron chi connectivity index (χ1n) is 7.51. The van der Waals surface area contributed by atoms with Gasteiger partial charge in [0.15, 0.2) is 0 Å². The summed E-state index contributed by atoms with van der Waals surface area (Å²) in [5.74, 6) is 0. The van der Waals surface area contributed by atoms with Gasteiger partial charge in [-0.25, -0.2) is 0 Å². The summed E-state index contributed by atoms with van der Waals surface area (Å²) in [5, 5.41) is 1.19. The van der Waals surface area contributed by atoms with Gasteiger partial charge in [-0.3, -0.25) is 4.98 Å². The van der Waals surface area contributed by atoms with E-state index in [1.165, 1.54) is 27.6 Å². The molecule has 0 saturated heterocycles. The standard InChI is InChI=1S/C21H14BrN/c22-18-11-9-16(10-12-18)15-5-7-17(8-6-15)19-13-14-23-21-4-2-1-3-20(19)21/h1-14H. The summed E-state index contributed by atoms with van der Waals surface area (Å²) in [4.78, 5) is 4.44. The molecule has 0 radical (unpaired) electrons. The number of para-hydroxylation sites is 1. The fourth-order valence-corrected chi connectivity index (χ4v) is 3.10. The Balaban J connectivity index is 1.77. The van der Waals surface area contributed by atoms with Crippen molar-refractivity contribution < 1.29 is 0 Å². The van der Waals surface area contributed by atoms with Crippen LogP contribution in [0.15, 0.2) is 89.5 Å². The molecule has 0 bridgehead atoms. The Morgan fingerprint density at radius 2 is 1.22 bits per heavy atom. The molecule has 2 heteroatoms. The normalized spacial score (nSPS) is 10.8. The van der Waals surface area contributed by atoms with Crippen LogP contribution in [0.4, 0.5) is 0 Å². The van der Waals surface area contributed by atoms with E-state index in [1.807, 2.05) is 12.3 Å². The Labute approximate surface area is 143 Å². The molecule has 4 aromatic rings. The van der Waals surface area contributed by atoms with E-state index in [9.17, 15) is 0 Å². The Morgan fingerprint density at radius 1 is 0.609 bits per heavy atom. The number of halogens is 1. The van der Waals surface area contributed by atoms with Crippen LogP contribution in [0.2, 0.25) is 0 Å². The molecule has 3 aromatic carbocycles. The average Bonchev–Trinajstić information content (AvgIpc) is 2.62. The summed E-state index contributed by atoms with van der Waals surface area (Å²) in [5.41, 5.74) is 5.91. The third kappa shape index (κ3) is 2.78. The number of aromatic nitrogens is 1. The van der Waals surface area contributed by atoms with Crippen LogP contribution in [0.5, 0.6) is 0 Å². The molecule has 0 atom stereocenters. The van der Waals surface area contributed by atoms with E-state index in [0.717, 1.165) is 9.99 Å². The molecule has 0 aliphatic rings. The summed E-state index contributed by atoms with van der Waals surface area (Å²) in [6.07, 6.45) is 1.88. The van der Waals surface area contributed by atoms with Crippen LogP contribution in [0.1, 0.15) is 0 Å². The van der Waals surface area contributed by atoms with Gasteiger partial charge in [-0.1, -0.05) is 70.5 Å². The topological polar surface area (TPSA) is 12.9 Å². The van der Waals surface area contributed by atoms with Crippen molar-refractivity contribution in [2.45, 2.75) is 0 Å². The largest absolute Gasteiger partial charge is 0.256 e. The molecule has 1 aromatic heterocycles. The van der Waals surface area contributed by atoms with E-state index in [4.69, 9.17) is 0 Å². The smallest absolute Gasteiger partial charge is 0.0708 e. The van der Waals surface area contributed by atoms with Crippen molar-refractivity contribution in [1.29, 1.82) is 0 Å². The molecule has 0 fully saturated rings. The zero-order valence-corrected chi connectivity index (χ0v) is 14.0. The van der Waals surface area contributed by atoms with Gasteiger partial charge >= 0.3 is 0 Å². The molecular formula is C21H14BrN. The van der Waals surface area contributed by atoms with Crippen LogP contribution in [0.3, 0.4) is 0 Å². The lowest BCUT2D eigenvalue weighted by atomic mass is 9.98. The van der Waals surface area contributed by atoms with Gasteiger partial charge in [0.2, 0.25) is 0 Å². The second kappa shape index (κ2) is 5.98. The number of benzene rings is 3. The van der Waals surface area contributed by atoms with Crippen molar-refractivity contribution in [3.05, 3.63) is 89.5 Å². The highest BCUT2D eigenvalue weighted by Gasteiger charge is 2.05. The monoisotopic (exact) mass is 359 g/mol. The molecule has 0 N–H and O–H groups in total. The number of rotatable bonds is 2. The molecule has 0 amide bonds. The first-order chi connectivity index (χ1) is 11.3. The van der Waals surface area contributed by atoms with Gasteiger partial charge in [-0.2, -0.15) is 0 Å². The van der Waals surface area contributed by atoms with Crippen molar-refractivity contribution in [3.8, 4) is 22.3 Å². The number of hydrogen-bond acceptors (Lipinski definition) is 1. The second-order valence-corrected chi connectivity index (χ2v) is 6.38. The fourth-order valence-electron chi connectivity index (χ4n) is 2.83. The predicted molar refractivity (Wildman–Crippen MR) is 100 cm³/mol. The van der Waals surface area contributed by atoms with E-state index in [2.05, 4.69) is 93.7 Å². The van der Waals surface area contributed by atoms with Gasteiger partial charge in [0, 0.05) is 16.1 Å². The zero-order valence-electron chi connectivity index (χ0n) is 12.4. The highest BCUT2D eigenvalue weighted by Crippen LogP contribution is 2.29. The molecule has 0 aliphatic heterocycles. The minimum atomic E-state index is 1.03. The van der Waals surface area contributed by atoms with Crippen LogP contribution < -0.4 is 0 Å². The number of nitrogens with zero attached hydrogens (tertiary/aromatic N) is 1. The zero-order chi connectivity index (χ0) is 15.6. The molecule has 0 saturated carbocycles. The summed E-state index contributed by atoms with van der Waals surface area (Å²) >= 11 is 3.48. The molecule has 0 spiro atoms. The van der Waals surface area contributed by atoms with Crippen molar-refractivity contribution in [2.75, 3.05) is 0 Å². The van der Waals surface area contributed by atoms with Crippen molar-refractivity contribution in [3.63, 3.8) is 0 Å². The van der Waals surface area contributed by atoms with E-state index in [-0.39, 0.29) is 0 Å². The molecule has 4 rings (SSSR count). The van der Waals surface area contributed by atoms with E-state index >= 15 is 0 Å². The van der Waals surface area contributed by atoms with Gasteiger partial charge < -0.3 is 0 Å². The van der Waals surface area contributed by atoms with E-state index in [1.54, 1.807) is 0 Å². The maximum absolute atomic E-state index is 4.44. The van der Waals surface area contributed by atoms with Gasteiger partial charge in [-0.05, 0) is 46.5 Å². The number of hydrogen-bond donors (Lipinski definition) is 0. The fraction of sp³-hybridized carbons (Fsp3) is 0. The highest BCUT2D eigenvalue weighted by molar-refractivity contribution is 9.10. The van der Waals surface area contributed by atoms with Crippen molar-refractivity contribution in [2.24, 2.45) is 0 Å². The molecule has 1 heterocycles. The van der Waals surface area contributed by atoms with Crippen molar-refractivity contribution in [1.82, 2.24) is 4.98 Å². The summed E-state index contributed by atoms with van der Waals surface area (Å²) < 4.78 is 1.10. The van der Waals surface area contributed by atoms with Crippen LogP contribution in [-0.4, -0.2) is 4.98 Å². The molecular weight excluding hydrogens is 346 g/mol. The van der Waals surface area contributed by atoms with Gasteiger partial charge in [0.1, 0.15) is 0 Å². The number of fused-ring (bicyclic) bond motifs is 1. The Bertz CT molecular complexity index is 952. The van der Waals surface area contributed by atoms with Crippen LogP contribution >= 0.6 is 15.9 Å². The predicted octanol–water partition coefficient (Wildman–Crippen LogP) is 6.33. The number of pyridine rings is 1. The molecule has 0 unspecified atom stereocenters. The van der Waals surface area contributed by atoms with Gasteiger partial charge in [-0.15, -0.1) is 0 Å². The minimum Gasteiger partial charge on any atom is -0.256 e. The van der Waals surface area contributed by atoms with E-state index in [0.29, 0.717) is 0 Å². The first kappa shape index (κ1) is 14.2. The quantitative estimate of drug-likeness (QED) is 0.407. The lowest BCUT2D eigenvalue weighted by molar-refractivity contribution is 1.41. The van der Waals surface area contributed by atoms with Crippen molar-refractivity contribution >= 4 is 26.8 Å². The van der Waals surface area contributed by atoms with Crippen LogP contribution in [-0.2, 0) is 0 Å². The first-order valence-corrected chi connectivity index (χ1v) is 8.31. The third-order valence-electron chi connectivity index (χ3n) is 4.02. The summed E-state index contributed by atoms with van der Waals surface area (Å²) in [6.45, 7) is 0. The van der Waals surface area contributed by atoms with Gasteiger partial charge in [0.05, 0.1) is 5.52 Å². The van der Waals surface area contributed by atoms with Gasteiger partial charge in [0.25, 0.3) is 0 Å². The second-order valence-electron chi connectivity index (χ2n) is 5.46. The Morgan fingerprint density at radius 3 is 1.96 bits per heavy atom. The SMILES string of the molecule is Brc1ccc(-c2ccc(-c3ccnc4ccccc34)cc2)cc1. The molecule has 23 heavy (non-hydrogen) atoms. The molecule has 0 aliphatic carbocycles. The highest BCUT2D eigenvalue weighted by atomic mass is 79.9. The Hall–Kier alpha value is -2.45. The van der Waals surface area contributed by atoms with E-state index < -0.39 is 0 Å². The van der Waals surface area contributed by atoms with Crippen LogP contribution in [0.25, 0.3) is 33.2 Å².